The van der Waals surface area contributed by atoms with Gasteiger partial charge in [0.05, 0.1) is 21.3 Å². The molecular formula is C22H24O6. The molecule has 0 amide bonds. The highest BCUT2D eigenvalue weighted by Crippen LogP contribution is 2.41. The van der Waals surface area contributed by atoms with Crippen LogP contribution in [-0.4, -0.2) is 41.3 Å². The maximum absolute atomic E-state index is 5.62. The minimum atomic E-state index is 0.199. The van der Waals surface area contributed by atoms with E-state index >= 15 is 0 Å². The van der Waals surface area contributed by atoms with Gasteiger partial charge in [-0.15, -0.1) is 0 Å². The number of rotatable bonds is 8. The molecule has 1 aliphatic rings. The van der Waals surface area contributed by atoms with Crippen LogP contribution in [0.5, 0.6) is 28.7 Å². The van der Waals surface area contributed by atoms with E-state index in [4.69, 9.17) is 28.4 Å². The number of fused-ring (bicyclic) bond motifs is 1. The van der Waals surface area contributed by atoms with Crippen molar-refractivity contribution in [2.24, 2.45) is 0 Å². The molecule has 0 spiro atoms. The van der Waals surface area contributed by atoms with Crippen LogP contribution in [0.4, 0.5) is 0 Å². The monoisotopic (exact) mass is 384 g/mol. The van der Waals surface area contributed by atoms with E-state index in [9.17, 15) is 0 Å². The molecule has 0 radical (unpaired) electrons. The number of benzene rings is 2. The Morgan fingerprint density at radius 3 is 2.43 bits per heavy atom. The van der Waals surface area contributed by atoms with E-state index in [0.29, 0.717) is 30.5 Å². The van der Waals surface area contributed by atoms with Gasteiger partial charge in [-0.05, 0) is 36.6 Å². The van der Waals surface area contributed by atoms with Crippen LogP contribution in [0.15, 0.2) is 30.3 Å². The second-order valence-electron chi connectivity index (χ2n) is 6.09. The number of methoxy groups -OCH3 is 3. The van der Waals surface area contributed by atoms with E-state index < -0.39 is 0 Å². The lowest BCUT2D eigenvalue weighted by Crippen LogP contribution is -1.98. The lowest BCUT2D eigenvalue weighted by atomic mass is 10.1. The third kappa shape index (κ3) is 5.02. The standard InChI is InChI=1S/C22H24O6/c1-23-18-10-16(11-19(14-18)24-2)6-4-8-26-9-5-7-17-12-20(25-3)22-21(13-17)27-15-28-22/h10-14H,4,6,8-9,15H2,1-3H3. The third-order valence-corrected chi connectivity index (χ3v) is 4.23. The van der Waals surface area contributed by atoms with Gasteiger partial charge in [0.25, 0.3) is 0 Å². The van der Waals surface area contributed by atoms with E-state index in [1.807, 2.05) is 30.3 Å². The van der Waals surface area contributed by atoms with Crippen molar-refractivity contribution in [1.82, 2.24) is 0 Å². The van der Waals surface area contributed by atoms with Crippen molar-refractivity contribution in [3.05, 3.63) is 41.5 Å². The summed E-state index contributed by atoms with van der Waals surface area (Å²) < 4.78 is 32.3. The zero-order valence-electron chi connectivity index (χ0n) is 16.4. The Balaban J connectivity index is 1.45. The molecule has 1 aliphatic heterocycles. The highest BCUT2D eigenvalue weighted by atomic mass is 16.7. The summed E-state index contributed by atoms with van der Waals surface area (Å²) in [5, 5.41) is 0. The first-order valence-corrected chi connectivity index (χ1v) is 8.99. The maximum atomic E-state index is 5.62. The normalized spacial score (nSPS) is 11.5. The smallest absolute Gasteiger partial charge is 0.231 e. The minimum Gasteiger partial charge on any atom is -0.497 e. The van der Waals surface area contributed by atoms with Gasteiger partial charge in [0.15, 0.2) is 11.5 Å². The van der Waals surface area contributed by atoms with Crippen molar-refractivity contribution < 1.29 is 28.4 Å². The van der Waals surface area contributed by atoms with Gasteiger partial charge >= 0.3 is 0 Å². The van der Waals surface area contributed by atoms with Crippen LogP contribution in [0, 0.1) is 11.8 Å². The largest absolute Gasteiger partial charge is 0.497 e. The van der Waals surface area contributed by atoms with Crippen LogP contribution in [0.3, 0.4) is 0 Å². The molecule has 1 heterocycles. The van der Waals surface area contributed by atoms with Crippen molar-refractivity contribution in [1.29, 1.82) is 0 Å². The fourth-order valence-electron chi connectivity index (χ4n) is 2.85. The van der Waals surface area contributed by atoms with E-state index in [-0.39, 0.29) is 6.79 Å². The molecule has 6 heteroatoms. The van der Waals surface area contributed by atoms with Crippen LogP contribution < -0.4 is 23.7 Å². The van der Waals surface area contributed by atoms with Crippen molar-refractivity contribution in [3.8, 4) is 40.6 Å². The molecule has 2 aromatic carbocycles. The maximum Gasteiger partial charge on any atom is 0.231 e. The van der Waals surface area contributed by atoms with Gasteiger partial charge in [-0.25, -0.2) is 0 Å². The van der Waals surface area contributed by atoms with Gasteiger partial charge in [0, 0.05) is 24.3 Å². The molecule has 0 unspecified atom stereocenters. The quantitative estimate of drug-likeness (QED) is 0.513. The first kappa shape index (κ1) is 19.7. The molecule has 0 aliphatic carbocycles. The topological polar surface area (TPSA) is 55.4 Å². The summed E-state index contributed by atoms with van der Waals surface area (Å²) in [6.45, 7) is 1.18. The van der Waals surface area contributed by atoms with E-state index in [0.717, 1.165) is 35.5 Å². The predicted molar refractivity (Wildman–Crippen MR) is 105 cm³/mol. The molecule has 0 saturated carbocycles. The summed E-state index contributed by atoms with van der Waals surface area (Å²) in [6, 6.07) is 9.55. The van der Waals surface area contributed by atoms with Crippen molar-refractivity contribution >= 4 is 0 Å². The van der Waals surface area contributed by atoms with Gasteiger partial charge in [-0.2, -0.15) is 0 Å². The fraction of sp³-hybridized carbons (Fsp3) is 0.364. The predicted octanol–water partition coefficient (Wildman–Crippen LogP) is 3.44. The number of hydrogen-bond donors (Lipinski definition) is 0. The zero-order chi connectivity index (χ0) is 19.8. The lowest BCUT2D eigenvalue weighted by Gasteiger charge is -2.08. The van der Waals surface area contributed by atoms with Crippen molar-refractivity contribution in [2.45, 2.75) is 12.8 Å². The van der Waals surface area contributed by atoms with Gasteiger partial charge in [-0.3, -0.25) is 0 Å². The van der Waals surface area contributed by atoms with E-state index in [1.54, 1.807) is 21.3 Å². The Kier molecular flexibility index (Phi) is 6.88. The lowest BCUT2D eigenvalue weighted by molar-refractivity contribution is 0.164. The Labute approximate surface area is 165 Å². The Morgan fingerprint density at radius 1 is 0.929 bits per heavy atom. The molecule has 3 rings (SSSR count). The highest BCUT2D eigenvalue weighted by Gasteiger charge is 2.19. The van der Waals surface area contributed by atoms with Crippen molar-refractivity contribution in [2.75, 3.05) is 41.3 Å². The highest BCUT2D eigenvalue weighted by molar-refractivity contribution is 5.58. The molecule has 0 aromatic heterocycles. The second-order valence-corrected chi connectivity index (χ2v) is 6.09. The first-order chi connectivity index (χ1) is 13.7. The van der Waals surface area contributed by atoms with Crippen molar-refractivity contribution in [3.63, 3.8) is 0 Å². The summed E-state index contributed by atoms with van der Waals surface area (Å²) in [4.78, 5) is 0. The molecular weight excluding hydrogens is 360 g/mol. The van der Waals surface area contributed by atoms with E-state index in [1.165, 1.54) is 0 Å². The summed E-state index contributed by atoms with van der Waals surface area (Å²) in [6.07, 6.45) is 1.76. The molecule has 0 fully saturated rings. The fourth-order valence-corrected chi connectivity index (χ4v) is 2.85. The van der Waals surface area contributed by atoms with Crippen LogP contribution in [-0.2, 0) is 11.2 Å². The number of ether oxygens (including phenoxy) is 6. The molecule has 0 N–H and O–H groups in total. The molecule has 2 aromatic rings. The molecule has 0 atom stereocenters. The molecule has 0 bridgehead atoms. The van der Waals surface area contributed by atoms with Crippen LogP contribution >= 0.6 is 0 Å². The minimum absolute atomic E-state index is 0.199. The van der Waals surface area contributed by atoms with Crippen LogP contribution in [0.1, 0.15) is 17.5 Å². The summed E-state index contributed by atoms with van der Waals surface area (Å²) >= 11 is 0. The SMILES string of the molecule is COc1cc(CCCOCC#Cc2cc(OC)c3c(c2)OCO3)cc(OC)c1. The average Bonchev–Trinajstić information content (AvgIpc) is 3.20. The summed E-state index contributed by atoms with van der Waals surface area (Å²) in [5.74, 6) is 9.56. The molecule has 148 valence electrons. The first-order valence-electron chi connectivity index (χ1n) is 8.99. The summed E-state index contributed by atoms with van der Waals surface area (Å²) in [7, 11) is 4.89. The summed E-state index contributed by atoms with van der Waals surface area (Å²) in [5.41, 5.74) is 1.95. The molecule has 28 heavy (non-hydrogen) atoms. The number of aryl methyl sites for hydroxylation is 1. The van der Waals surface area contributed by atoms with Crippen LogP contribution in [0.25, 0.3) is 0 Å². The molecule has 6 nitrogen and oxygen atoms in total. The van der Waals surface area contributed by atoms with Gasteiger partial charge < -0.3 is 28.4 Å². The van der Waals surface area contributed by atoms with Crippen LogP contribution in [0.2, 0.25) is 0 Å². The zero-order valence-corrected chi connectivity index (χ0v) is 16.4. The molecule has 0 saturated heterocycles. The Morgan fingerprint density at radius 2 is 1.71 bits per heavy atom. The van der Waals surface area contributed by atoms with Gasteiger partial charge in [-0.1, -0.05) is 11.8 Å². The average molecular weight is 384 g/mol. The number of hydrogen-bond acceptors (Lipinski definition) is 6. The van der Waals surface area contributed by atoms with Gasteiger partial charge in [0.2, 0.25) is 12.5 Å². The Bertz CT molecular complexity index is 843. The van der Waals surface area contributed by atoms with E-state index in [2.05, 4.69) is 11.8 Å². The Hall–Kier alpha value is -3.04. The van der Waals surface area contributed by atoms with Gasteiger partial charge in [0.1, 0.15) is 18.1 Å². The third-order valence-electron chi connectivity index (χ3n) is 4.23. The second kappa shape index (κ2) is 9.77.